The molecule has 1 fully saturated rings. The molecule has 140 valence electrons. The first-order valence-electron chi connectivity index (χ1n) is 7.86. The van der Waals surface area contributed by atoms with Gasteiger partial charge in [0.1, 0.15) is 12.1 Å². The smallest absolute Gasteiger partial charge is 0.323 e. The minimum absolute atomic E-state index is 0.237. The summed E-state index contributed by atoms with van der Waals surface area (Å²) in [6.07, 6.45) is 0. The molecule has 0 aromatic heterocycles. The predicted octanol–water partition coefficient (Wildman–Crippen LogP) is 4.05. The van der Waals surface area contributed by atoms with E-state index in [-0.39, 0.29) is 5.02 Å². The summed E-state index contributed by atoms with van der Waals surface area (Å²) in [5.41, 5.74) is -0.621. The summed E-state index contributed by atoms with van der Waals surface area (Å²) in [6.45, 7) is 1.06. The summed E-state index contributed by atoms with van der Waals surface area (Å²) in [7, 11) is 0. The van der Waals surface area contributed by atoms with E-state index in [4.69, 9.17) is 34.8 Å². The third kappa shape index (κ3) is 3.74. The van der Waals surface area contributed by atoms with E-state index in [0.717, 1.165) is 4.90 Å². The third-order valence-electron chi connectivity index (χ3n) is 4.19. The maximum absolute atomic E-state index is 12.9. The Bertz CT molecular complexity index is 950. The van der Waals surface area contributed by atoms with Crippen molar-refractivity contribution in [2.45, 2.75) is 12.5 Å². The quantitative estimate of drug-likeness (QED) is 0.724. The lowest BCUT2D eigenvalue weighted by Crippen LogP contribution is -2.42. The molecular formula is C18H14Cl3N3O3. The van der Waals surface area contributed by atoms with Crippen LogP contribution in [0.25, 0.3) is 0 Å². The molecule has 0 unspecified atom stereocenters. The summed E-state index contributed by atoms with van der Waals surface area (Å²) >= 11 is 18.1. The standard InChI is InChI=1S/C18H14Cl3N3O3/c1-18(11-7-6-10(19)8-13(11)21)16(26)24(17(27)23-18)9-15(25)22-14-5-3-2-4-12(14)20/h2-8H,9H2,1H3,(H,22,25)(H,23,27)/t18-/m1/s1. The van der Waals surface area contributed by atoms with Crippen LogP contribution in [0.15, 0.2) is 42.5 Å². The van der Waals surface area contributed by atoms with Gasteiger partial charge >= 0.3 is 6.03 Å². The Morgan fingerprint density at radius 3 is 2.48 bits per heavy atom. The van der Waals surface area contributed by atoms with Crippen molar-refractivity contribution in [3.05, 3.63) is 63.1 Å². The summed E-state index contributed by atoms with van der Waals surface area (Å²) < 4.78 is 0. The molecule has 2 N–H and O–H groups in total. The van der Waals surface area contributed by atoms with E-state index in [9.17, 15) is 14.4 Å². The highest BCUT2D eigenvalue weighted by Gasteiger charge is 2.50. The molecule has 1 aliphatic heterocycles. The maximum Gasteiger partial charge on any atom is 0.325 e. The fourth-order valence-corrected chi connectivity index (χ4v) is 3.59. The average Bonchev–Trinajstić information content (AvgIpc) is 2.81. The van der Waals surface area contributed by atoms with Gasteiger partial charge in [0.25, 0.3) is 5.91 Å². The Morgan fingerprint density at radius 1 is 1.11 bits per heavy atom. The number of carbonyl (C=O) groups excluding carboxylic acids is 3. The third-order valence-corrected chi connectivity index (χ3v) is 5.07. The van der Waals surface area contributed by atoms with Crippen LogP contribution >= 0.6 is 34.8 Å². The summed E-state index contributed by atoms with van der Waals surface area (Å²) in [4.78, 5) is 38.3. The number of rotatable bonds is 4. The van der Waals surface area contributed by atoms with E-state index in [1.54, 1.807) is 36.4 Å². The second-order valence-electron chi connectivity index (χ2n) is 6.10. The molecule has 0 saturated carbocycles. The number of hydrogen-bond donors (Lipinski definition) is 2. The van der Waals surface area contributed by atoms with Gasteiger partial charge in [-0.1, -0.05) is 53.0 Å². The van der Waals surface area contributed by atoms with Gasteiger partial charge in [0.15, 0.2) is 0 Å². The van der Waals surface area contributed by atoms with Gasteiger partial charge in [-0.25, -0.2) is 4.79 Å². The van der Waals surface area contributed by atoms with Crippen LogP contribution < -0.4 is 10.6 Å². The van der Waals surface area contributed by atoms with Gasteiger partial charge in [0.05, 0.1) is 10.7 Å². The maximum atomic E-state index is 12.9. The van der Waals surface area contributed by atoms with E-state index >= 15 is 0 Å². The van der Waals surface area contributed by atoms with Gasteiger partial charge in [-0.2, -0.15) is 0 Å². The zero-order chi connectivity index (χ0) is 19.8. The molecule has 0 aliphatic carbocycles. The molecule has 1 aliphatic rings. The number of urea groups is 1. The van der Waals surface area contributed by atoms with E-state index in [1.807, 2.05) is 0 Å². The second-order valence-corrected chi connectivity index (χ2v) is 7.35. The first kappa shape index (κ1) is 19.5. The Labute approximate surface area is 170 Å². The normalized spacial score (nSPS) is 19.2. The topological polar surface area (TPSA) is 78.5 Å². The molecule has 9 heteroatoms. The van der Waals surface area contributed by atoms with Gasteiger partial charge in [0.2, 0.25) is 5.91 Å². The van der Waals surface area contributed by atoms with Gasteiger partial charge in [-0.05, 0) is 31.2 Å². The lowest BCUT2D eigenvalue weighted by molar-refractivity contribution is -0.133. The highest BCUT2D eigenvalue weighted by Crippen LogP contribution is 2.35. The minimum Gasteiger partial charge on any atom is -0.323 e. The van der Waals surface area contributed by atoms with Crippen molar-refractivity contribution in [2.75, 3.05) is 11.9 Å². The fraction of sp³-hybridized carbons (Fsp3) is 0.167. The number of imide groups is 1. The van der Waals surface area contributed by atoms with E-state index in [0.29, 0.717) is 21.3 Å². The SMILES string of the molecule is C[C@]1(c2ccc(Cl)cc2Cl)NC(=O)N(CC(=O)Nc2ccccc2Cl)C1=O. The van der Waals surface area contributed by atoms with Crippen LogP contribution in [-0.2, 0) is 15.1 Å². The molecule has 2 aromatic carbocycles. The molecule has 0 spiro atoms. The number of para-hydroxylation sites is 1. The van der Waals surface area contributed by atoms with Crippen LogP contribution in [0.3, 0.4) is 0 Å². The number of amides is 4. The molecule has 1 heterocycles. The second kappa shape index (κ2) is 7.38. The molecule has 3 rings (SSSR count). The monoisotopic (exact) mass is 425 g/mol. The molecule has 1 atom stereocenters. The Balaban J connectivity index is 1.80. The zero-order valence-corrected chi connectivity index (χ0v) is 16.3. The fourth-order valence-electron chi connectivity index (χ4n) is 2.81. The average molecular weight is 427 g/mol. The lowest BCUT2D eigenvalue weighted by atomic mass is 9.92. The van der Waals surface area contributed by atoms with Gasteiger partial charge in [-0.15, -0.1) is 0 Å². The molecule has 0 radical (unpaired) electrons. The van der Waals surface area contributed by atoms with Crippen molar-refractivity contribution in [1.29, 1.82) is 0 Å². The molecule has 6 nitrogen and oxygen atoms in total. The number of nitrogens with one attached hydrogen (secondary N) is 2. The van der Waals surface area contributed by atoms with Crippen molar-refractivity contribution >= 4 is 58.3 Å². The predicted molar refractivity (Wildman–Crippen MR) is 104 cm³/mol. The zero-order valence-electron chi connectivity index (χ0n) is 14.1. The first-order chi connectivity index (χ1) is 12.7. The molecule has 2 aromatic rings. The van der Waals surface area contributed by atoms with Crippen LogP contribution in [0, 0.1) is 0 Å². The van der Waals surface area contributed by atoms with Crippen LogP contribution in [0.1, 0.15) is 12.5 Å². The minimum atomic E-state index is -1.40. The molecule has 0 bridgehead atoms. The van der Waals surface area contributed by atoms with Crippen LogP contribution in [-0.4, -0.2) is 29.3 Å². The van der Waals surface area contributed by atoms with Crippen LogP contribution in [0.2, 0.25) is 15.1 Å². The van der Waals surface area contributed by atoms with E-state index < -0.39 is 29.9 Å². The van der Waals surface area contributed by atoms with Crippen molar-refractivity contribution < 1.29 is 14.4 Å². The number of anilines is 1. The van der Waals surface area contributed by atoms with E-state index in [1.165, 1.54) is 13.0 Å². The number of carbonyl (C=O) groups is 3. The Kier molecular flexibility index (Phi) is 5.33. The number of nitrogens with zero attached hydrogens (tertiary/aromatic N) is 1. The molecule has 27 heavy (non-hydrogen) atoms. The molecule has 1 saturated heterocycles. The van der Waals surface area contributed by atoms with Crippen molar-refractivity contribution in [1.82, 2.24) is 10.2 Å². The van der Waals surface area contributed by atoms with Crippen molar-refractivity contribution in [2.24, 2.45) is 0 Å². The van der Waals surface area contributed by atoms with Crippen LogP contribution in [0.5, 0.6) is 0 Å². The first-order valence-corrected chi connectivity index (χ1v) is 9.00. The number of halogens is 3. The van der Waals surface area contributed by atoms with Crippen LogP contribution in [0.4, 0.5) is 10.5 Å². The number of benzene rings is 2. The molecule has 4 amide bonds. The molecular weight excluding hydrogens is 413 g/mol. The summed E-state index contributed by atoms with van der Waals surface area (Å²) in [6, 6.07) is 10.6. The van der Waals surface area contributed by atoms with Gasteiger partial charge in [-0.3, -0.25) is 14.5 Å². The highest BCUT2D eigenvalue weighted by atomic mass is 35.5. The van der Waals surface area contributed by atoms with Gasteiger partial charge in [0, 0.05) is 15.6 Å². The summed E-state index contributed by atoms with van der Waals surface area (Å²) in [5.74, 6) is -1.15. The highest BCUT2D eigenvalue weighted by molar-refractivity contribution is 6.35. The van der Waals surface area contributed by atoms with Crippen molar-refractivity contribution in [3.8, 4) is 0 Å². The number of hydrogen-bond acceptors (Lipinski definition) is 3. The Hall–Kier alpha value is -2.28. The largest absolute Gasteiger partial charge is 0.325 e. The van der Waals surface area contributed by atoms with Gasteiger partial charge < -0.3 is 10.6 Å². The van der Waals surface area contributed by atoms with Crippen molar-refractivity contribution in [3.63, 3.8) is 0 Å². The lowest BCUT2D eigenvalue weighted by Gasteiger charge is -2.23. The summed E-state index contributed by atoms with van der Waals surface area (Å²) in [5, 5.41) is 6.15. The Morgan fingerprint density at radius 2 is 1.81 bits per heavy atom. The van der Waals surface area contributed by atoms with E-state index in [2.05, 4.69) is 10.6 Å².